The molecule has 1 aliphatic rings. The molecule has 13 nitrogen and oxygen atoms in total. The van der Waals surface area contributed by atoms with Crippen LogP contribution in [-0.4, -0.2) is 61.4 Å². The number of nitrogens with two attached hydrogens (primary N) is 1. The number of hydrogen-bond donors (Lipinski definition) is 3. The SMILES string of the molecule is CC(=O)CCc1ccccc1OP(=O)(C[C@@H](C)C(C)=O)OC[C@H]1O[C@@](C#N)(c2ccc3c(=O)[nH]c(N)nn23)[C@@](F)(Cl)C1O. The standard InChI is InChI=1S/C27H30ClFN5O8P/c1-15(17(3)36)13-43(39,42-20-7-5-4-6-18(20)9-8-16(2)35)40-12-21-23(37)27(28,29)26(14-30,41-21)22-11-10-19-24(38)32-25(31)33-34(19)22/h4-7,10-11,15,21,23,37H,8-9,12-13H2,1-3H3,(H3,31,32,33,38)/t15-,21-,23?,26+,27-,43?/m1/s1. The molecule has 6 atom stereocenters. The first kappa shape index (κ1) is 32.3. The van der Waals surface area contributed by atoms with Crippen LogP contribution in [0, 0.1) is 17.2 Å². The van der Waals surface area contributed by atoms with Crippen molar-refractivity contribution < 1.29 is 37.4 Å². The van der Waals surface area contributed by atoms with Crippen molar-refractivity contribution in [2.24, 2.45) is 5.92 Å². The van der Waals surface area contributed by atoms with E-state index in [2.05, 4.69) is 10.1 Å². The van der Waals surface area contributed by atoms with Crippen molar-refractivity contribution in [2.75, 3.05) is 18.5 Å². The van der Waals surface area contributed by atoms with Crippen LogP contribution in [0.2, 0.25) is 0 Å². The number of Topliss-reactive ketones (excluding diaryl/α,β-unsaturated/α-hetero) is 2. The number of nitrogen functional groups attached to an aromatic ring is 1. The molecule has 1 saturated heterocycles. The molecule has 0 spiro atoms. The predicted molar refractivity (Wildman–Crippen MR) is 152 cm³/mol. The summed E-state index contributed by atoms with van der Waals surface area (Å²) in [4.78, 5) is 38.2. The fourth-order valence-electron chi connectivity index (χ4n) is 4.64. The Morgan fingerprint density at radius 1 is 1.35 bits per heavy atom. The maximum atomic E-state index is 16.1. The molecule has 0 radical (unpaired) electrons. The number of halogens is 2. The van der Waals surface area contributed by atoms with Crippen LogP contribution in [0.15, 0.2) is 41.2 Å². The Morgan fingerprint density at radius 2 is 2.05 bits per heavy atom. The van der Waals surface area contributed by atoms with Crippen LogP contribution in [0.4, 0.5) is 10.3 Å². The van der Waals surface area contributed by atoms with Crippen LogP contribution in [0.3, 0.4) is 0 Å². The number of aromatic amines is 1. The summed E-state index contributed by atoms with van der Waals surface area (Å²) < 4.78 is 48.3. The van der Waals surface area contributed by atoms with Crippen molar-refractivity contribution in [3.63, 3.8) is 0 Å². The van der Waals surface area contributed by atoms with Crippen molar-refractivity contribution in [3.05, 3.63) is 58.0 Å². The number of nitriles is 1. The highest BCUT2D eigenvalue weighted by molar-refractivity contribution is 7.54. The Kier molecular flexibility index (Phi) is 9.16. The average molecular weight is 638 g/mol. The van der Waals surface area contributed by atoms with Gasteiger partial charge in [-0.05, 0) is 44.0 Å². The van der Waals surface area contributed by atoms with Crippen LogP contribution in [-0.2, 0) is 35.4 Å². The van der Waals surface area contributed by atoms with Gasteiger partial charge in [0.05, 0.1) is 18.5 Å². The fourth-order valence-corrected chi connectivity index (χ4v) is 6.98. The molecule has 0 aliphatic carbocycles. The number of H-pyrrole nitrogens is 1. The van der Waals surface area contributed by atoms with Crippen LogP contribution >= 0.6 is 19.2 Å². The molecule has 2 aromatic heterocycles. The number of carbonyl (C=O) groups excluding carboxylic acids is 2. The van der Waals surface area contributed by atoms with Gasteiger partial charge in [-0.2, -0.15) is 5.26 Å². The number of carbonyl (C=O) groups is 2. The van der Waals surface area contributed by atoms with Crippen molar-refractivity contribution in [3.8, 4) is 11.8 Å². The second kappa shape index (κ2) is 12.2. The highest BCUT2D eigenvalue weighted by Crippen LogP contribution is 2.55. The number of anilines is 1. The first-order valence-electron chi connectivity index (χ1n) is 13.2. The normalized spacial score (nSPS) is 25.6. The third-order valence-corrected chi connectivity index (χ3v) is 9.66. The molecule has 2 unspecified atom stereocenters. The van der Waals surface area contributed by atoms with Crippen LogP contribution in [0.25, 0.3) is 5.52 Å². The van der Waals surface area contributed by atoms with E-state index in [1.165, 1.54) is 39.0 Å². The summed E-state index contributed by atoms with van der Waals surface area (Å²) in [5.74, 6) is -1.35. The van der Waals surface area contributed by atoms with Gasteiger partial charge >= 0.3 is 7.60 Å². The lowest BCUT2D eigenvalue weighted by atomic mass is 9.93. The molecule has 4 N–H and O–H groups in total. The molecule has 16 heteroatoms. The number of benzene rings is 1. The lowest BCUT2D eigenvalue weighted by molar-refractivity contribution is -0.120. The fraction of sp³-hybridized carbons (Fsp3) is 0.444. The van der Waals surface area contributed by atoms with Crippen molar-refractivity contribution in [1.29, 1.82) is 5.26 Å². The topological polar surface area (TPSA) is 199 Å². The zero-order valence-electron chi connectivity index (χ0n) is 23.5. The lowest BCUT2D eigenvalue weighted by Crippen LogP contribution is -2.46. The van der Waals surface area contributed by atoms with Gasteiger partial charge in [-0.15, -0.1) is 5.10 Å². The molecule has 1 fully saturated rings. The van der Waals surface area contributed by atoms with Gasteiger partial charge in [0.1, 0.15) is 41.1 Å². The van der Waals surface area contributed by atoms with Gasteiger partial charge in [-0.1, -0.05) is 36.7 Å². The Morgan fingerprint density at radius 3 is 2.70 bits per heavy atom. The minimum absolute atomic E-state index is 0.0678. The monoisotopic (exact) mass is 637 g/mol. The number of aliphatic hydroxyl groups is 1. The summed E-state index contributed by atoms with van der Waals surface area (Å²) in [6, 6.07) is 10.6. The van der Waals surface area contributed by atoms with E-state index in [9.17, 15) is 29.3 Å². The Hall–Kier alpha value is -3.60. The zero-order chi connectivity index (χ0) is 31.7. The molecule has 0 amide bonds. The average Bonchev–Trinajstić information content (AvgIpc) is 3.44. The van der Waals surface area contributed by atoms with Gasteiger partial charge in [0.15, 0.2) is 0 Å². The first-order valence-corrected chi connectivity index (χ1v) is 15.3. The highest BCUT2D eigenvalue weighted by Gasteiger charge is 2.69. The van der Waals surface area contributed by atoms with Crippen LogP contribution in [0.1, 0.15) is 38.4 Å². The number of ketones is 2. The summed E-state index contributed by atoms with van der Waals surface area (Å²) >= 11 is 6.14. The summed E-state index contributed by atoms with van der Waals surface area (Å²) in [5.41, 5.74) is 2.33. The Labute approximate surface area is 250 Å². The summed E-state index contributed by atoms with van der Waals surface area (Å²) in [7, 11) is -4.23. The van der Waals surface area contributed by atoms with Crippen molar-refractivity contribution in [2.45, 2.75) is 56.5 Å². The van der Waals surface area contributed by atoms with Crippen molar-refractivity contribution >= 4 is 42.2 Å². The van der Waals surface area contributed by atoms with Gasteiger partial charge in [0.2, 0.25) is 11.5 Å². The third kappa shape index (κ3) is 6.23. The van der Waals surface area contributed by atoms with E-state index in [-0.39, 0.29) is 53.5 Å². The van der Waals surface area contributed by atoms with Crippen LogP contribution in [0.5, 0.6) is 5.75 Å². The van der Waals surface area contributed by atoms with E-state index in [0.29, 0.717) is 5.56 Å². The molecule has 43 heavy (non-hydrogen) atoms. The van der Waals surface area contributed by atoms with E-state index in [0.717, 1.165) is 4.52 Å². The third-order valence-electron chi connectivity index (χ3n) is 7.16. The maximum absolute atomic E-state index is 16.1. The second-order valence-corrected chi connectivity index (χ2v) is 13.0. The van der Waals surface area contributed by atoms with E-state index in [1.807, 2.05) is 0 Å². The highest BCUT2D eigenvalue weighted by atomic mass is 35.5. The lowest BCUT2D eigenvalue weighted by Gasteiger charge is -2.28. The molecule has 230 valence electrons. The number of nitrogens with zero attached hydrogens (tertiary/aromatic N) is 3. The summed E-state index contributed by atoms with van der Waals surface area (Å²) in [6.45, 7) is 3.48. The number of aryl methyl sites for hydroxylation is 1. The van der Waals surface area contributed by atoms with Gasteiger partial charge in [0, 0.05) is 12.3 Å². The molecule has 1 aliphatic heterocycles. The minimum Gasteiger partial charge on any atom is -0.424 e. The molecule has 3 heterocycles. The van der Waals surface area contributed by atoms with Gasteiger partial charge in [0.25, 0.3) is 10.7 Å². The largest absolute Gasteiger partial charge is 0.424 e. The minimum atomic E-state index is -4.23. The number of aromatic nitrogens is 3. The number of alkyl halides is 2. The molecular formula is C27H30ClFN5O8P. The Bertz CT molecular complexity index is 1700. The number of ether oxygens (including phenoxy) is 1. The summed E-state index contributed by atoms with van der Waals surface area (Å²) in [5, 5.41) is 21.6. The van der Waals surface area contributed by atoms with Crippen LogP contribution < -0.4 is 15.8 Å². The molecule has 0 saturated carbocycles. The zero-order valence-corrected chi connectivity index (χ0v) is 25.1. The number of hydrogen-bond acceptors (Lipinski definition) is 11. The second-order valence-electron chi connectivity index (χ2n) is 10.4. The van der Waals surface area contributed by atoms with Gasteiger partial charge < -0.3 is 24.9 Å². The molecule has 0 bridgehead atoms. The van der Waals surface area contributed by atoms with Crippen molar-refractivity contribution in [1.82, 2.24) is 14.6 Å². The number of fused-ring (bicyclic) bond motifs is 1. The number of nitrogens with one attached hydrogen (secondary N) is 1. The van der Waals surface area contributed by atoms with Gasteiger partial charge in [-0.3, -0.25) is 19.1 Å². The Balaban J connectivity index is 1.66. The van der Waals surface area contributed by atoms with E-state index in [4.69, 9.17) is 31.1 Å². The summed E-state index contributed by atoms with van der Waals surface area (Å²) in [6.07, 6.45) is -3.79. The van der Waals surface area contributed by atoms with Gasteiger partial charge in [-0.25, -0.2) is 13.5 Å². The number of para-hydroxylation sites is 1. The van der Waals surface area contributed by atoms with E-state index < -0.39 is 48.6 Å². The quantitative estimate of drug-likeness (QED) is 0.195. The molecule has 1 aromatic carbocycles. The molecular weight excluding hydrogens is 608 g/mol. The maximum Gasteiger partial charge on any atom is 0.380 e. The smallest absolute Gasteiger partial charge is 0.380 e. The number of rotatable bonds is 12. The molecule has 4 rings (SSSR count). The predicted octanol–water partition coefficient (Wildman–Crippen LogP) is 3.02. The number of aliphatic hydroxyl groups excluding tert-OH is 1. The van der Waals surface area contributed by atoms with E-state index >= 15 is 4.39 Å². The first-order chi connectivity index (χ1) is 20.1. The molecule has 3 aromatic rings. The van der Waals surface area contributed by atoms with E-state index in [1.54, 1.807) is 24.3 Å².